The number of nitrogens with zero attached hydrogens (tertiary/aromatic N) is 2. The molecule has 1 unspecified atom stereocenters. The molecule has 2 rings (SSSR count). The van der Waals surface area contributed by atoms with Crippen molar-refractivity contribution < 1.29 is 0 Å². The van der Waals surface area contributed by atoms with E-state index in [0.717, 1.165) is 17.4 Å². The lowest BCUT2D eigenvalue weighted by atomic mass is 9.92. The first kappa shape index (κ1) is 10.5. The van der Waals surface area contributed by atoms with Crippen LogP contribution in [0.3, 0.4) is 0 Å². The smallest absolute Gasteiger partial charge is 0.122 e. The zero-order valence-corrected chi connectivity index (χ0v) is 10.1. The predicted octanol–water partition coefficient (Wildman–Crippen LogP) is 2.73. The van der Waals surface area contributed by atoms with Gasteiger partial charge in [-0.3, -0.25) is 0 Å². The van der Waals surface area contributed by atoms with Gasteiger partial charge in [0.05, 0.1) is 11.7 Å². The van der Waals surface area contributed by atoms with Crippen molar-refractivity contribution in [3.05, 3.63) is 11.8 Å². The molecular weight excluding hydrogens is 186 g/mol. The number of rotatable bonds is 2. The van der Waals surface area contributed by atoms with Crippen molar-refractivity contribution >= 4 is 5.82 Å². The molecule has 3 nitrogen and oxygen atoms in total. The Morgan fingerprint density at radius 2 is 2.07 bits per heavy atom. The summed E-state index contributed by atoms with van der Waals surface area (Å²) in [5.74, 6) is 1.60. The standard InChI is InChI=1S/C12H21N3/c1-8(9-5-6-9)15-11(13)7-10(14-15)12(2,3)4/h7-9H,5-6,13H2,1-4H3. The maximum Gasteiger partial charge on any atom is 0.122 e. The van der Waals surface area contributed by atoms with Crippen molar-refractivity contribution in [3.8, 4) is 0 Å². The van der Waals surface area contributed by atoms with Crippen molar-refractivity contribution in [1.29, 1.82) is 0 Å². The van der Waals surface area contributed by atoms with Gasteiger partial charge in [-0.1, -0.05) is 20.8 Å². The molecule has 84 valence electrons. The van der Waals surface area contributed by atoms with E-state index in [2.05, 4.69) is 32.8 Å². The topological polar surface area (TPSA) is 43.8 Å². The summed E-state index contributed by atoms with van der Waals surface area (Å²) >= 11 is 0. The maximum absolute atomic E-state index is 6.00. The molecule has 2 N–H and O–H groups in total. The van der Waals surface area contributed by atoms with Gasteiger partial charge < -0.3 is 5.73 Å². The van der Waals surface area contributed by atoms with Crippen LogP contribution in [0.2, 0.25) is 0 Å². The summed E-state index contributed by atoms with van der Waals surface area (Å²) in [6.07, 6.45) is 2.65. The van der Waals surface area contributed by atoms with Crippen LogP contribution in [0.15, 0.2) is 6.07 Å². The third-order valence-corrected chi connectivity index (χ3v) is 3.22. The lowest BCUT2D eigenvalue weighted by molar-refractivity contribution is 0.432. The van der Waals surface area contributed by atoms with E-state index in [1.165, 1.54) is 12.8 Å². The molecule has 1 saturated carbocycles. The summed E-state index contributed by atoms with van der Waals surface area (Å²) in [6.45, 7) is 8.72. The van der Waals surface area contributed by atoms with Crippen LogP contribution in [0.25, 0.3) is 0 Å². The van der Waals surface area contributed by atoms with Crippen LogP contribution < -0.4 is 5.73 Å². The highest BCUT2D eigenvalue weighted by Gasteiger charge is 2.31. The maximum atomic E-state index is 6.00. The number of nitrogens with two attached hydrogens (primary N) is 1. The van der Waals surface area contributed by atoms with Crippen molar-refractivity contribution in [3.63, 3.8) is 0 Å². The Morgan fingerprint density at radius 1 is 1.47 bits per heavy atom. The van der Waals surface area contributed by atoms with Crippen molar-refractivity contribution in [2.24, 2.45) is 5.92 Å². The van der Waals surface area contributed by atoms with E-state index in [1.807, 2.05) is 10.7 Å². The molecule has 0 bridgehead atoms. The molecule has 0 aliphatic heterocycles. The minimum Gasteiger partial charge on any atom is -0.384 e. The Bertz CT molecular complexity index is 355. The van der Waals surface area contributed by atoms with Gasteiger partial charge in [-0.05, 0) is 25.7 Å². The van der Waals surface area contributed by atoms with E-state index in [-0.39, 0.29) is 5.41 Å². The molecule has 3 heteroatoms. The van der Waals surface area contributed by atoms with Gasteiger partial charge in [-0.2, -0.15) is 5.10 Å². The molecule has 1 heterocycles. The average molecular weight is 207 g/mol. The number of hydrogen-bond acceptors (Lipinski definition) is 2. The quantitative estimate of drug-likeness (QED) is 0.810. The highest BCUT2D eigenvalue weighted by molar-refractivity contribution is 5.34. The SMILES string of the molecule is CC(C1CC1)n1nc(C(C)(C)C)cc1N. The summed E-state index contributed by atoms with van der Waals surface area (Å²) < 4.78 is 2.00. The molecular formula is C12H21N3. The molecule has 15 heavy (non-hydrogen) atoms. The first-order valence-electron chi connectivity index (χ1n) is 5.75. The zero-order chi connectivity index (χ0) is 11.2. The zero-order valence-electron chi connectivity index (χ0n) is 10.1. The van der Waals surface area contributed by atoms with Gasteiger partial charge in [0.25, 0.3) is 0 Å². The van der Waals surface area contributed by atoms with Crippen LogP contribution in [-0.2, 0) is 5.41 Å². The van der Waals surface area contributed by atoms with Crippen LogP contribution in [-0.4, -0.2) is 9.78 Å². The highest BCUT2D eigenvalue weighted by Crippen LogP contribution is 2.40. The highest BCUT2D eigenvalue weighted by atomic mass is 15.3. The first-order chi connectivity index (χ1) is 6.89. The van der Waals surface area contributed by atoms with Gasteiger partial charge in [-0.25, -0.2) is 4.68 Å². The van der Waals surface area contributed by atoms with Crippen LogP contribution in [0.4, 0.5) is 5.82 Å². The van der Waals surface area contributed by atoms with Gasteiger partial charge in [-0.15, -0.1) is 0 Å². The minimum atomic E-state index is 0.0860. The van der Waals surface area contributed by atoms with E-state index in [1.54, 1.807) is 0 Å². The second-order valence-electron chi connectivity index (χ2n) is 5.73. The number of aromatic nitrogens is 2. The summed E-state index contributed by atoms with van der Waals surface area (Å²) in [5, 5.41) is 4.63. The molecule has 1 atom stereocenters. The molecule has 0 amide bonds. The number of nitrogen functional groups attached to an aromatic ring is 1. The molecule has 1 aliphatic carbocycles. The second kappa shape index (κ2) is 3.26. The molecule has 1 aliphatic rings. The third-order valence-electron chi connectivity index (χ3n) is 3.22. The molecule has 1 fully saturated rings. The molecule has 0 radical (unpaired) electrons. The van der Waals surface area contributed by atoms with E-state index in [4.69, 9.17) is 5.73 Å². The van der Waals surface area contributed by atoms with Crippen LogP contribution in [0.1, 0.15) is 52.3 Å². The molecule has 0 aromatic carbocycles. The Morgan fingerprint density at radius 3 is 2.47 bits per heavy atom. The normalized spacial score (nSPS) is 19.2. The lowest BCUT2D eigenvalue weighted by Gasteiger charge is -2.15. The lowest BCUT2D eigenvalue weighted by Crippen LogP contribution is -2.15. The third kappa shape index (κ3) is 2.01. The average Bonchev–Trinajstić information content (AvgIpc) is 2.87. The molecule has 1 aromatic heterocycles. The summed E-state index contributed by atoms with van der Waals surface area (Å²) in [5.41, 5.74) is 7.18. The Balaban J connectivity index is 2.28. The van der Waals surface area contributed by atoms with E-state index in [9.17, 15) is 0 Å². The Labute approximate surface area is 91.7 Å². The Kier molecular flexibility index (Phi) is 2.28. The van der Waals surface area contributed by atoms with Gasteiger partial charge in [0.2, 0.25) is 0 Å². The largest absolute Gasteiger partial charge is 0.384 e. The Hall–Kier alpha value is -0.990. The summed E-state index contributed by atoms with van der Waals surface area (Å²) in [7, 11) is 0. The van der Waals surface area contributed by atoms with E-state index >= 15 is 0 Å². The minimum absolute atomic E-state index is 0.0860. The fraction of sp³-hybridized carbons (Fsp3) is 0.750. The summed E-state index contributed by atoms with van der Waals surface area (Å²) in [4.78, 5) is 0. The monoisotopic (exact) mass is 207 g/mol. The van der Waals surface area contributed by atoms with Gasteiger partial charge in [0.15, 0.2) is 0 Å². The van der Waals surface area contributed by atoms with Crippen molar-refractivity contribution in [2.75, 3.05) is 5.73 Å². The van der Waals surface area contributed by atoms with Crippen LogP contribution in [0.5, 0.6) is 0 Å². The van der Waals surface area contributed by atoms with Crippen molar-refractivity contribution in [2.45, 2.75) is 52.0 Å². The van der Waals surface area contributed by atoms with E-state index in [0.29, 0.717) is 6.04 Å². The van der Waals surface area contributed by atoms with Gasteiger partial charge in [0.1, 0.15) is 5.82 Å². The molecule has 1 aromatic rings. The number of hydrogen-bond donors (Lipinski definition) is 1. The first-order valence-corrected chi connectivity index (χ1v) is 5.75. The summed E-state index contributed by atoms with van der Waals surface area (Å²) in [6, 6.07) is 2.47. The fourth-order valence-corrected chi connectivity index (χ4v) is 1.88. The van der Waals surface area contributed by atoms with Gasteiger partial charge >= 0.3 is 0 Å². The fourth-order valence-electron chi connectivity index (χ4n) is 1.88. The number of anilines is 1. The van der Waals surface area contributed by atoms with E-state index < -0.39 is 0 Å². The predicted molar refractivity (Wildman–Crippen MR) is 62.8 cm³/mol. The van der Waals surface area contributed by atoms with Crippen LogP contribution in [0, 0.1) is 5.92 Å². The van der Waals surface area contributed by atoms with Crippen molar-refractivity contribution in [1.82, 2.24) is 9.78 Å². The van der Waals surface area contributed by atoms with Gasteiger partial charge in [0, 0.05) is 11.5 Å². The molecule has 0 saturated heterocycles. The van der Waals surface area contributed by atoms with Crippen LogP contribution >= 0.6 is 0 Å². The molecule has 0 spiro atoms. The second-order valence-corrected chi connectivity index (χ2v) is 5.73.